The van der Waals surface area contributed by atoms with Crippen LogP contribution >= 0.6 is 11.3 Å². The smallest absolute Gasteiger partial charge is 0.263 e. The Morgan fingerprint density at radius 2 is 2.00 bits per heavy atom. The van der Waals surface area contributed by atoms with Crippen molar-refractivity contribution in [3.63, 3.8) is 0 Å². The van der Waals surface area contributed by atoms with Gasteiger partial charge in [-0.25, -0.2) is 14.6 Å². The number of hydrogen-bond acceptors (Lipinski definition) is 6. The molecule has 0 aliphatic carbocycles. The first-order valence-electron chi connectivity index (χ1n) is 10.4. The highest BCUT2D eigenvalue weighted by Crippen LogP contribution is 2.40. The molecule has 2 amide bonds. The van der Waals surface area contributed by atoms with E-state index < -0.39 is 0 Å². The average molecular weight is 447 g/mol. The number of hydrogen-bond donors (Lipinski definition) is 0. The number of aromatic nitrogens is 4. The van der Waals surface area contributed by atoms with Crippen molar-refractivity contribution in [3.8, 4) is 5.82 Å². The number of amides is 2. The lowest BCUT2D eigenvalue weighted by Gasteiger charge is -2.18. The molecule has 9 heteroatoms. The van der Waals surface area contributed by atoms with Crippen molar-refractivity contribution in [2.45, 2.75) is 12.3 Å². The van der Waals surface area contributed by atoms with Gasteiger partial charge in [-0.1, -0.05) is 6.07 Å². The molecule has 0 aromatic carbocycles. The molecule has 1 aliphatic heterocycles. The van der Waals surface area contributed by atoms with Gasteiger partial charge in [0.15, 0.2) is 5.82 Å². The van der Waals surface area contributed by atoms with E-state index in [0.29, 0.717) is 29.3 Å². The van der Waals surface area contributed by atoms with Gasteiger partial charge in [-0.15, -0.1) is 11.3 Å². The molecule has 162 valence electrons. The van der Waals surface area contributed by atoms with Gasteiger partial charge in [0.1, 0.15) is 4.83 Å². The summed E-state index contributed by atoms with van der Waals surface area (Å²) in [5.41, 5.74) is 1.56. The van der Waals surface area contributed by atoms with Crippen LogP contribution in [0.5, 0.6) is 0 Å². The highest BCUT2D eigenvalue weighted by molar-refractivity contribution is 7.20. The molecule has 1 saturated heterocycles. The van der Waals surface area contributed by atoms with Crippen LogP contribution in [-0.2, 0) is 0 Å². The first-order valence-corrected chi connectivity index (χ1v) is 11.2. The van der Waals surface area contributed by atoms with E-state index in [2.05, 4.69) is 15.1 Å². The van der Waals surface area contributed by atoms with Crippen molar-refractivity contribution in [1.82, 2.24) is 29.5 Å². The summed E-state index contributed by atoms with van der Waals surface area (Å²) < 4.78 is 1.65. The Bertz CT molecular complexity index is 1280. The zero-order chi connectivity index (χ0) is 22.2. The Morgan fingerprint density at radius 3 is 2.72 bits per heavy atom. The summed E-state index contributed by atoms with van der Waals surface area (Å²) >= 11 is 1.43. The van der Waals surface area contributed by atoms with Crippen molar-refractivity contribution < 1.29 is 9.59 Å². The van der Waals surface area contributed by atoms with Crippen LogP contribution < -0.4 is 0 Å². The number of carbonyl (C=O) groups excluding carboxylic acids is 2. The molecule has 32 heavy (non-hydrogen) atoms. The topological polar surface area (TPSA) is 84.2 Å². The van der Waals surface area contributed by atoms with Gasteiger partial charge < -0.3 is 9.80 Å². The van der Waals surface area contributed by atoms with Gasteiger partial charge in [0.05, 0.1) is 10.4 Å². The van der Waals surface area contributed by atoms with E-state index in [-0.39, 0.29) is 17.7 Å². The Morgan fingerprint density at radius 1 is 1.12 bits per heavy atom. The number of fused-ring (bicyclic) bond motifs is 1. The SMILES string of the molecule is CN(C)C(=O)c1sc2ncccc2c1C1CCN(C(=O)c2ccc(-n3cccn3)nc2)C1. The van der Waals surface area contributed by atoms with Crippen LogP contribution in [0.1, 0.15) is 37.9 Å². The van der Waals surface area contributed by atoms with Crippen LogP contribution in [0.2, 0.25) is 0 Å². The summed E-state index contributed by atoms with van der Waals surface area (Å²) in [7, 11) is 3.52. The van der Waals surface area contributed by atoms with E-state index in [1.807, 2.05) is 29.3 Å². The monoisotopic (exact) mass is 446 g/mol. The quantitative estimate of drug-likeness (QED) is 0.481. The third kappa shape index (κ3) is 3.54. The zero-order valence-electron chi connectivity index (χ0n) is 17.8. The van der Waals surface area contributed by atoms with Crippen molar-refractivity contribution in [1.29, 1.82) is 0 Å². The molecule has 0 N–H and O–H groups in total. The molecule has 0 saturated carbocycles. The Kier molecular flexibility index (Phi) is 5.18. The molecule has 1 unspecified atom stereocenters. The molecule has 8 nitrogen and oxygen atoms in total. The number of carbonyl (C=O) groups is 2. The number of likely N-dealkylation sites (tertiary alicyclic amines) is 1. The number of nitrogens with zero attached hydrogens (tertiary/aromatic N) is 6. The predicted octanol–water partition coefficient (Wildman–Crippen LogP) is 3.21. The van der Waals surface area contributed by atoms with Crippen molar-refractivity contribution in [2.75, 3.05) is 27.2 Å². The highest BCUT2D eigenvalue weighted by Gasteiger charge is 2.33. The maximum Gasteiger partial charge on any atom is 0.263 e. The van der Waals surface area contributed by atoms with Crippen LogP contribution in [0.25, 0.3) is 16.0 Å². The molecule has 0 spiro atoms. The van der Waals surface area contributed by atoms with Crippen LogP contribution in [0, 0.1) is 0 Å². The summed E-state index contributed by atoms with van der Waals surface area (Å²) in [6.07, 6.45) is 7.64. The molecule has 0 radical (unpaired) electrons. The Balaban J connectivity index is 1.40. The second-order valence-corrected chi connectivity index (χ2v) is 8.99. The summed E-state index contributed by atoms with van der Waals surface area (Å²) in [5.74, 6) is 0.679. The van der Waals surface area contributed by atoms with E-state index >= 15 is 0 Å². The molecule has 4 aromatic heterocycles. The van der Waals surface area contributed by atoms with E-state index in [0.717, 1.165) is 22.2 Å². The molecular formula is C23H22N6O2S. The summed E-state index contributed by atoms with van der Waals surface area (Å²) in [6, 6.07) is 9.31. The molecule has 5 heterocycles. The lowest BCUT2D eigenvalue weighted by molar-refractivity contribution is 0.0790. The maximum atomic E-state index is 13.1. The molecule has 1 fully saturated rings. The fourth-order valence-corrected chi connectivity index (χ4v) is 5.39. The molecule has 5 rings (SSSR count). The van der Waals surface area contributed by atoms with Gasteiger partial charge in [0, 0.05) is 63.3 Å². The molecular weight excluding hydrogens is 424 g/mol. The van der Waals surface area contributed by atoms with Gasteiger partial charge in [-0.05, 0) is 36.2 Å². The third-order valence-electron chi connectivity index (χ3n) is 5.72. The Labute approximate surface area is 189 Å². The minimum absolute atomic E-state index is 0.0220. The summed E-state index contributed by atoms with van der Waals surface area (Å²) in [6.45, 7) is 1.20. The second-order valence-electron chi connectivity index (χ2n) is 7.99. The second kappa shape index (κ2) is 8.16. The van der Waals surface area contributed by atoms with Gasteiger partial charge >= 0.3 is 0 Å². The van der Waals surface area contributed by atoms with Gasteiger partial charge in [-0.3, -0.25) is 9.59 Å². The number of thiophene rings is 1. The molecule has 0 bridgehead atoms. The Hall–Kier alpha value is -3.59. The molecule has 1 aliphatic rings. The van der Waals surface area contributed by atoms with Crippen molar-refractivity contribution >= 4 is 33.4 Å². The van der Waals surface area contributed by atoms with Crippen molar-refractivity contribution in [3.05, 3.63) is 71.1 Å². The van der Waals surface area contributed by atoms with Crippen LogP contribution in [0.3, 0.4) is 0 Å². The number of pyridine rings is 2. The van der Waals surface area contributed by atoms with E-state index in [1.54, 1.807) is 54.4 Å². The zero-order valence-corrected chi connectivity index (χ0v) is 18.6. The van der Waals surface area contributed by atoms with Crippen LogP contribution in [-0.4, -0.2) is 68.5 Å². The standard InChI is InChI=1S/C23H22N6O2S/c1-27(2)23(31)20-19(17-5-3-9-24-21(17)32-20)16-8-12-28(14-16)22(30)15-6-7-18(25-13-15)29-11-4-10-26-29/h3-7,9-11,13,16H,8,12,14H2,1-2H3. The third-order valence-corrected chi connectivity index (χ3v) is 6.84. The summed E-state index contributed by atoms with van der Waals surface area (Å²) in [5, 5.41) is 5.17. The molecule has 4 aromatic rings. The first kappa shape index (κ1) is 20.3. The minimum atomic E-state index is -0.0508. The van der Waals surface area contributed by atoms with Crippen molar-refractivity contribution in [2.24, 2.45) is 0 Å². The normalized spacial score (nSPS) is 15.9. The lowest BCUT2D eigenvalue weighted by Crippen LogP contribution is -2.29. The van der Waals surface area contributed by atoms with E-state index in [9.17, 15) is 9.59 Å². The van der Waals surface area contributed by atoms with Crippen LogP contribution in [0.4, 0.5) is 0 Å². The van der Waals surface area contributed by atoms with Crippen LogP contribution in [0.15, 0.2) is 55.1 Å². The minimum Gasteiger partial charge on any atom is -0.344 e. The predicted molar refractivity (Wildman–Crippen MR) is 122 cm³/mol. The fourth-order valence-electron chi connectivity index (χ4n) is 4.13. The largest absolute Gasteiger partial charge is 0.344 e. The summed E-state index contributed by atoms with van der Waals surface area (Å²) in [4.78, 5) is 39.9. The number of rotatable bonds is 4. The first-order chi connectivity index (χ1) is 15.5. The van der Waals surface area contributed by atoms with Gasteiger partial charge in [-0.2, -0.15) is 5.10 Å². The fraction of sp³-hybridized carbons (Fsp3) is 0.261. The van der Waals surface area contributed by atoms with E-state index in [1.165, 1.54) is 11.3 Å². The maximum absolute atomic E-state index is 13.1. The lowest BCUT2D eigenvalue weighted by atomic mass is 9.95. The molecule has 1 atom stereocenters. The average Bonchev–Trinajstić information content (AvgIpc) is 3.57. The van der Waals surface area contributed by atoms with Gasteiger partial charge in [0.2, 0.25) is 0 Å². The van der Waals surface area contributed by atoms with Gasteiger partial charge in [0.25, 0.3) is 11.8 Å². The van der Waals surface area contributed by atoms with E-state index in [4.69, 9.17) is 0 Å². The highest BCUT2D eigenvalue weighted by atomic mass is 32.1.